The predicted molar refractivity (Wildman–Crippen MR) is 109 cm³/mol. The van der Waals surface area contributed by atoms with Gasteiger partial charge >= 0.3 is 0 Å². The molecule has 0 spiro atoms. The minimum atomic E-state index is -0.124. The van der Waals surface area contributed by atoms with E-state index >= 15 is 0 Å². The molecule has 6 nitrogen and oxygen atoms in total. The molecule has 3 aromatic rings. The third-order valence-electron chi connectivity index (χ3n) is 5.13. The number of nitrogens with zero attached hydrogens (tertiary/aromatic N) is 3. The quantitative estimate of drug-likeness (QED) is 0.736. The summed E-state index contributed by atoms with van der Waals surface area (Å²) in [6.07, 6.45) is 1.75. The number of carbonyl (C=O) groups is 1. The van der Waals surface area contributed by atoms with Crippen LogP contribution in [-0.4, -0.2) is 40.0 Å². The predicted octanol–water partition coefficient (Wildman–Crippen LogP) is 2.61. The van der Waals surface area contributed by atoms with Crippen LogP contribution in [0.5, 0.6) is 0 Å². The Labute approximate surface area is 167 Å². The van der Waals surface area contributed by atoms with Crippen molar-refractivity contribution in [1.82, 2.24) is 19.8 Å². The van der Waals surface area contributed by atoms with Crippen molar-refractivity contribution >= 4 is 28.4 Å². The third kappa shape index (κ3) is 3.66. The topological polar surface area (TPSA) is 67.2 Å². The molecule has 1 unspecified atom stereocenters. The molecule has 2 aromatic carbocycles. The van der Waals surface area contributed by atoms with Crippen LogP contribution in [0.4, 0.5) is 0 Å². The number of hydrogen-bond acceptors (Lipinski definition) is 4. The molecule has 1 N–H and O–H groups in total. The Hall–Kier alpha value is -2.70. The van der Waals surface area contributed by atoms with Gasteiger partial charge in [0.2, 0.25) is 5.91 Å². The molecule has 1 amide bonds. The Morgan fingerprint density at radius 2 is 1.96 bits per heavy atom. The van der Waals surface area contributed by atoms with Gasteiger partial charge in [-0.15, -0.1) is 0 Å². The molecule has 1 aliphatic heterocycles. The molecule has 0 radical (unpaired) electrons. The van der Waals surface area contributed by atoms with E-state index in [0.717, 1.165) is 12.1 Å². The molecule has 1 atom stereocenters. The number of fused-ring (bicyclic) bond motifs is 1. The molecule has 7 heteroatoms. The first-order chi connectivity index (χ1) is 13.6. The van der Waals surface area contributed by atoms with Gasteiger partial charge in [-0.2, -0.15) is 0 Å². The Morgan fingerprint density at radius 3 is 2.82 bits per heavy atom. The van der Waals surface area contributed by atoms with Gasteiger partial charge in [-0.1, -0.05) is 41.9 Å². The number of benzene rings is 2. The fourth-order valence-corrected chi connectivity index (χ4v) is 3.91. The van der Waals surface area contributed by atoms with Crippen LogP contribution in [0.15, 0.2) is 59.7 Å². The van der Waals surface area contributed by atoms with Crippen molar-refractivity contribution in [2.45, 2.75) is 19.0 Å². The maximum atomic E-state index is 13.0. The van der Waals surface area contributed by atoms with Crippen molar-refractivity contribution in [2.24, 2.45) is 0 Å². The van der Waals surface area contributed by atoms with E-state index in [1.54, 1.807) is 12.1 Å². The number of carbonyl (C=O) groups excluding carboxylic acids is 1. The highest BCUT2D eigenvalue weighted by Gasteiger charge is 2.28. The molecule has 2 heterocycles. The number of piperazine rings is 1. The van der Waals surface area contributed by atoms with E-state index in [4.69, 9.17) is 11.6 Å². The van der Waals surface area contributed by atoms with E-state index in [-0.39, 0.29) is 23.9 Å². The Morgan fingerprint density at radius 1 is 1.18 bits per heavy atom. The summed E-state index contributed by atoms with van der Waals surface area (Å²) in [4.78, 5) is 31.8. The van der Waals surface area contributed by atoms with E-state index in [1.807, 2.05) is 41.3 Å². The molecule has 144 valence electrons. The minimum Gasteiger partial charge on any atom is -0.333 e. The monoisotopic (exact) mass is 396 g/mol. The molecule has 0 saturated carbocycles. The minimum absolute atomic E-state index is 0.00600. The fourth-order valence-electron chi connectivity index (χ4n) is 3.65. The van der Waals surface area contributed by atoms with Gasteiger partial charge in [-0.25, -0.2) is 4.98 Å². The van der Waals surface area contributed by atoms with Crippen molar-refractivity contribution in [1.29, 1.82) is 0 Å². The fraction of sp³-hybridized carbons (Fsp3) is 0.286. The van der Waals surface area contributed by atoms with Crippen LogP contribution in [0.1, 0.15) is 18.0 Å². The normalized spacial score (nSPS) is 17.0. The van der Waals surface area contributed by atoms with Gasteiger partial charge < -0.3 is 10.2 Å². The summed E-state index contributed by atoms with van der Waals surface area (Å²) in [5, 5.41) is 4.55. The van der Waals surface area contributed by atoms with Crippen LogP contribution in [0.2, 0.25) is 5.02 Å². The van der Waals surface area contributed by atoms with Gasteiger partial charge in [0.15, 0.2) is 0 Å². The van der Waals surface area contributed by atoms with Crippen molar-refractivity contribution in [2.75, 3.05) is 19.6 Å². The molecule has 4 rings (SSSR count). The second-order valence-electron chi connectivity index (χ2n) is 6.84. The van der Waals surface area contributed by atoms with E-state index in [1.165, 1.54) is 10.9 Å². The average molecular weight is 397 g/mol. The Bertz CT molecular complexity index is 1070. The lowest BCUT2D eigenvalue weighted by Gasteiger charge is -2.37. The molecule has 1 saturated heterocycles. The molecular formula is C21H21ClN4O2. The Kier molecular flexibility index (Phi) is 5.41. The second kappa shape index (κ2) is 8.12. The molecule has 1 aliphatic rings. The highest BCUT2D eigenvalue weighted by atomic mass is 35.5. The van der Waals surface area contributed by atoms with Crippen molar-refractivity contribution in [3.8, 4) is 0 Å². The highest BCUT2D eigenvalue weighted by molar-refractivity contribution is 6.31. The number of aryl methyl sites for hydroxylation is 1. The number of nitrogens with one attached hydrogen (secondary N) is 1. The summed E-state index contributed by atoms with van der Waals surface area (Å²) >= 11 is 6.36. The number of hydrogen-bond donors (Lipinski definition) is 1. The van der Waals surface area contributed by atoms with Crippen LogP contribution in [-0.2, 0) is 11.3 Å². The first-order valence-electron chi connectivity index (χ1n) is 9.34. The summed E-state index contributed by atoms with van der Waals surface area (Å²) in [6, 6.07) is 14.7. The van der Waals surface area contributed by atoms with E-state index < -0.39 is 0 Å². The van der Waals surface area contributed by atoms with Gasteiger partial charge in [0.25, 0.3) is 5.56 Å². The lowest BCUT2D eigenvalue weighted by molar-refractivity contribution is -0.134. The highest BCUT2D eigenvalue weighted by Crippen LogP contribution is 2.28. The molecule has 0 bridgehead atoms. The number of para-hydroxylation sites is 1. The molecule has 1 fully saturated rings. The van der Waals surface area contributed by atoms with Crippen LogP contribution >= 0.6 is 11.6 Å². The van der Waals surface area contributed by atoms with Crippen molar-refractivity contribution in [3.05, 3.63) is 75.8 Å². The zero-order valence-electron chi connectivity index (χ0n) is 15.3. The van der Waals surface area contributed by atoms with Gasteiger partial charge in [-0.05, 0) is 23.8 Å². The molecule has 0 aliphatic carbocycles. The summed E-state index contributed by atoms with van der Waals surface area (Å²) in [6.45, 7) is 2.31. The van der Waals surface area contributed by atoms with E-state index in [0.29, 0.717) is 35.6 Å². The SMILES string of the molecule is O=C(CCn1cnc2ccccc2c1=O)N1CCNCC1c1ccccc1Cl. The maximum Gasteiger partial charge on any atom is 0.261 e. The average Bonchev–Trinajstić information content (AvgIpc) is 2.74. The number of amides is 1. The molecule has 28 heavy (non-hydrogen) atoms. The lowest BCUT2D eigenvalue weighted by atomic mass is 10.0. The summed E-state index contributed by atoms with van der Waals surface area (Å²) < 4.78 is 1.51. The van der Waals surface area contributed by atoms with Crippen LogP contribution in [0.3, 0.4) is 0 Å². The Balaban J connectivity index is 1.52. The smallest absolute Gasteiger partial charge is 0.261 e. The van der Waals surface area contributed by atoms with Crippen LogP contribution in [0, 0.1) is 0 Å². The van der Waals surface area contributed by atoms with Crippen LogP contribution in [0.25, 0.3) is 10.9 Å². The van der Waals surface area contributed by atoms with E-state index in [2.05, 4.69) is 10.3 Å². The summed E-state index contributed by atoms with van der Waals surface area (Å²) in [7, 11) is 0. The lowest BCUT2D eigenvalue weighted by Crippen LogP contribution is -2.49. The standard InChI is InChI=1S/C21H21ClN4O2/c22-17-7-3-1-5-15(17)19-13-23-10-12-26(19)20(27)9-11-25-14-24-18-8-4-2-6-16(18)21(25)28/h1-8,14,19,23H,9-13H2. The number of aromatic nitrogens is 2. The first-order valence-corrected chi connectivity index (χ1v) is 9.72. The van der Waals surface area contributed by atoms with Gasteiger partial charge in [0.05, 0.1) is 23.3 Å². The van der Waals surface area contributed by atoms with Gasteiger partial charge in [-0.3, -0.25) is 14.2 Å². The summed E-state index contributed by atoms with van der Waals surface area (Å²) in [5.74, 6) is 0.00600. The second-order valence-corrected chi connectivity index (χ2v) is 7.25. The van der Waals surface area contributed by atoms with Crippen molar-refractivity contribution in [3.63, 3.8) is 0 Å². The maximum absolute atomic E-state index is 13.0. The van der Waals surface area contributed by atoms with E-state index in [9.17, 15) is 9.59 Å². The van der Waals surface area contributed by atoms with Crippen LogP contribution < -0.4 is 10.9 Å². The van der Waals surface area contributed by atoms with Crippen molar-refractivity contribution < 1.29 is 4.79 Å². The molecule has 1 aromatic heterocycles. The van der Waals surface area contributed by atoms with Gasteiger partial charge in [0, 0.05) is 37.6 Å². The summed E-state index contributed by atoms with van der Waals surface area (Å²) in [5.41, 5.74) is 1.48. The third-order valence-corrected chi connectivity index (χ3v) is 5.47. The molecular weight excluding hydrogens is 376 g/mol. The number of halogens is 1. The first kappa shape index (κ1) is 18.7. The zero-order valence-corrected chi connectivity index (χ0v) is 16.1. The zero-order chi connectivity index (χ0) is 19.5. The largest absolute Gasteiger partial charge is 0.333 e. The van der Waals surface area contributed by atoms with Gasteiger partial charge in [0.1, 0.15) is 0 Å². The number of rotatable bonds is 4.